The van der Waals surface area contributed by atoms with Crippen molar-refractivity contribution in [1.82, 2.24) is 4.98 Å². The van der Waals surface area contributed by atoms with Gasteiger partial charge in [-0.1, -0.05) is 32.9 Å². The van der Waals surface area contributed by atoms with Gasteiger partial charge in [0.2, 0.25) is 0 Å². The van der Waals surface area contributed by atoms with Crippen molar-refractivity contribution in [3.8, 4) is 22.9 Å². The summed E-state index contributed by atoms with van der Waals surface area (Å²) in [6.45, 7) is 7.90. The zero-order chi connectivity index (χ0) is 25.0. The maximum Gasteiger partial charge on any atom is 0.337 e. The Balaban J connectivity index is 1.98. The molecule has 0 bridgehead atoms. The van der Waals surface area contributed by atoms with Crippen molar-refractivity contribution in [3.05, 3.63) is 76.6 Å². The van der Waals surface area contributed by atoms with Crippen molar-refractivity contribution >= 4 is 17.6 Å². The van der Waals surface area contributed by atoms with Gasteiger partial charge in [0.15, 0.2) is 0 Å². The van der Waals surface area contributed by atoms with Crippen LogP contribution in [0.15, 0.2) is 48.7 Å². The first-order chi connectivity index (χ1) is 16.1. The predicted molar refractivity (Wildman–Crippen MR) is 130 cm³/mol. The molecule has 0 saturated carbocycles. The van der Waals surface area contributed by atoms with E-state index in [-0.39, 0.29) is 16.7 Å². The number of rotatable bonds is 5. The number of amides is 1. The topological polar surface area (TPSA) is 101 Å². The summed E-state index contributed by atoms with van der Waals surface area (Å²) in [6, 6.07) is 14.4. The molecule has 0 aliphatic carbocycles. The Kier molecular flexibility index (Phi) is 7.02. The monoisotopic (exact) mass is 457 g/mol. The summed E-state index contributed by atoms with van der Waals surface area (Å²) in [5.74, 6) is -0.589. The third-order valence-corrected chi connectivity index (χ3v) is 5.49. The Bertz CT molecular complexity index is 1280. The Labute approximate surface area is 199 Å². The maximum absolute atomic E-state index is 13.2. The van der Waals surface area contributed by atoms with Gasteiger partial charge in [-0.3, -0.25) is 9.78 Å². The predicted octanol–water partition coefficient (Wildman–Crippen LogP) is 5.27. The van der Waals surface area contributed by atoms with E-state index in [1.54, 1.807) is 42.6 Å². The smallest absolute Gasteiger partial charge is 0.337 e. The number of ether oxygens (including phenoxy) is 2. The van der Waals surface area contributed by atoms with Crippen LogP contribution in [0.2, 0.25) is 0 Å². The molecule has 0 aliphatic rings. The Morgan fingerprint density at radius 1 is 1.06 bits per heavy atom. The van der Waals surface area contributed by atoms with Crippen LogP contribution >= 0.6 is 0 Å². The number of hydrogen-bond acceptors (Lipinski definition) is 6. The van der Waals surface area contributed by atoms with Crippen LogP contribution in [0, 0.1) is 18.3 Å². The molecule has 0 spiro atoms. The standard InChI is InChI=1S/C27H27N3O4/c1-16-22(17-7-9-18(10-8-17)26(32)34-6)13-21(15-29-16)30-25(31)23-12-20(27(2,3)4)11-19(14-28)24(23)33-5/h7-13,15H,1-6H3,(H,30,31). The number of nitrogens with zero attached hydrogens (tertiary/aromatic N) is 2. The molecule has 3 aromatic rings. The minimum atomic E-state index is -0.411. The van der Waals surface area contributed by atoms with Gasteiger partial charge in [0.05, 0.1) is 42.8 Å². The van der Waals surface area contributed by atoms with Crippen molar-refractivity contribution in [2.24, 2.45) is 0 Å². The van der Waals surface area contributed by atoms with Crippen LogP contribution in [0.3, 0.4) is 0 Å². The lowest BCUT2D eigenvalue weighted by Crippen LogP contribution is -2.18. The second-order valence-electron chi connectivity index (χ2n) is 8.85. The first kappa shape index (κ1) is 24.5. The van der Waals surface area contributed by atoms with Crippen molar-refractivity contribution in [2.45, 2.75) is 33.1 Å². The number of methoxy groups -OCH3 is 2. The van der Waals surface area contributed by atoms with Gasteiger partial charge in [-0.2, -0.15) is 5.26 Å². The molecule has 0 unspecified atom stereocenters. The highest BCUT2D eigenvalue weighted by atomic mass is 16.5. The lowest BCUT2D eigenvalue weighted by atomic mass is 9.84. The van der Waals surface area contributed by atoms with Gasteiger partial charge in [0.1, 0.15) is 11.8 Å². The van der Waals surface area contributed by atoms with E-state index in [2.05, 4.69) is 16.4 Å². The average Bonchev–Trinajstić information content (AvgIpc) is 2.83. The third-order valence-electron chi connectivity index (χ3n) is 5.49. The van der Waals surface area contributed by atoms with Gasteiger partial charge >= 0.3 is 5.97 Å². The minimum Gasteiger partial charge on any atom is -0.495 e. The number of nitrogens with one attached hydrogen (secondary N) is 1. The third kappa shape index (κ3) is 5.07. The number of hydrogen-bond donors (Lipinski definition) is 1. The number of aromatic nitrogens is 1. The molecule has 1 N–H and O–H groups in total. The van der Waals surface area contributed by atoms with Crippen LogP contribution in [-0.4, -0.2) is 31.1 Å². The fourth-order valence-electron chi connectivity index (χ4n) is 3.53. The van der Waals surface area contributed by atoms with E-state index < -0.39 is 11.9 Å². The second kappa shape index (κ2) is 9.75. The molecule has 0 saturated heterocycles. The molecule has 174 valence electrons. The van der Waals surface area contributed by atoms with Gasteiger partial charge < -0.3 is 14.8 Å². The molecular formula is C27H27N3O4. The average molecular weight is 458 g/mol. The number of carbonyl (C=O) groups is 2. The number of pyridine rings is 1. The summed E-state index contributed by atoms with van der Waals surface area (Å²) in [4.78, 5) is 29.4. The van der Waals surface area contributed by atoms with Crippen LogP contribution in [0.4, 0.5) is 5.69 Å². The number of aryl methyl sites for hydroxylation is 1. The zero-order valence-electron chi connectivity index (χ0n) is 20.1. The molecule has 0 atom stereocenters. The highest BCUT2D eigenvalue weighted by Gasteiger charge is 2.23. The van der Waals surface area contributed by atoms with E-state index in [1.807, 2.05) is 33.8 Å². The molecule has 0 fully saturated rings. The first-order valence-electron chi connectivity index (χ1n) is 10.7. The van der Waals surface area contributed by atoms with E-state index in [1.165, 1.54) is 14.2 Å². The molecule has 34 heavy (non-hydrogen) atoms. The van der Waals surface area contributed by atoms with E-state index >= 15 is 0 Å². The summed E-state index contributed by atoms with van der Waals surface area (Å²) < 4.78 is 10.2. The summed E-state index contributed by atoms with van der Waals surface area (Å²) >= 11 is 0. The number of esters is 1. The lowest BCUT2D eigenvalue weighted by molar-refractivity contribution is 0.0600. The summed E-state index contributed by atoms with van der Waals surface area (Å²) in [7, 11) is 2.77. The van der Waals surface area contributed by atoms with Gasteiger partial charge in [-0.15, -0.1) is 0 Å². The molecule has 1 aromatic heterocycles. The largest absolute Gasteiger partial charge is 0.495 e. The SMILES string of the molecule is COC(=O)c1ccc(-c2cc(NC(=O)c3cc(C(C)(C)C)cc(C#N)c3OC)cnc2C)cc1. The summed E-state index contributed by atoms with van der Waals surface area (Å²) in [6.07, 6.45) is 1.57. The fraction of sp³-hybridized carbons (Fsp3) is 0.259. The minimum absolute atomic E-state index is 0.228. The highest BCUT2D eigenvalue weighted by molar-refractivity contribution is 6.07. The molecular weight excluding hydrogens is 430 g/mol. The molecule has 7 heteroatoms. The molecule has 3 rings (SSSR count). The summed E-state index contributed by atoms with van der Waals surface area (Å²) in [5, 5.41) is 12.5. The lowest BCUT2D eigenvalue weighted by Gasteiger charge is -2.22. The van der Waals surface area contributed by atoms with Crippen molar-refractivity contribution in [3.63, 3.8) is 0 Å². The Hall–Kier alpha value is -4.18. The number of carbonyl (C=O) groups excluding carboxylic acids is 2. The molecule has 0 radical (unpaired) electrons. The van der Waals surface area contributed by atoms with Crippen LogP contribution in [0.5, 0.6) is 5.75 Å². The quantitative estimate of drug-likeness (QED) is 0.524. The van der Waals surface area contributed by atoms with Crippen LogP contribution < -0.4 is 10.1 Å². The van der Waals surface area contributed by atoms with Crippen LogP contribution in [-0.2, 0) is 10.2 Å². The Morgan fingerprint density at radius 2 is 1.74 bits per heavy atom. The Morgan fingerprint density at radius 3 is 2.29 bits per heavy atom. The molecule has 1 heterocycles. The fourth-order valence-corrected chi connectivity index (χ4v) is 3.53. The van der Waals surface area contributed by atoms with Crippen molar-refractivity contribution in [2.75, 3.05) is 19.5 Å². The van der Waals surface area contributed by atoms with Gasteiger partial charge in [-0.05, 0) is 53.8 Å². The summed E-state index contributed by atoms with van der Waals surface area (Å²) in [5.41, 5.74) is 4.51. The van der Waals surface area contributed by atoms with E-state index in [0.29, 0.717) is 16.8 Å². The van der Waals surface area contributed by atoms with Crippen LogP contribution in [0.1, 0.15) is 58.3 Å². The van der Waals surface area contributed by atoms with Crippen LogP contribution in [0.25, 0.3) is 11.1 Å². The number of anilines is 1. The van der Waals surface area contributed by atoms with Crippen molar-refractivity contribution in [1.29, 1.82) is 5.26 Å². The molecule has 7 nitrogen and oxygen atoms in total. The van der Waals surface area contributed by atoms with E-state index in [4.69, 9.17) is 9.47 Å². The van der Waals surface area contributed by atoms with Crippen molar-refractivity contribution < 1.29 is 19.1 Å². The maximum atomic E-state index is 13.2. The second-order valence-corrected chi connectivity index (χ2v) is 8.85. The number of benzene rings is 2. The molecule has 0 aliphatic heterocycles. The van der Waals surface area contributed by atoms with E-state index in [9.17, 15) is 14.9 Å². The first-order valence-corrected chi connectivity index (χ1v) is 10.7. The van der Waals surface area contributed by atoms with Gasteiger partial charge in [0.25, 0.3) is 5.91 Å². The number of nitriles is 1. The van der Waals surface area contributed by atoms with Gasteiger partial charge in [0, 0.05) is 11.3 Å². The van der Waals surface area contributed by atoms with Gasteiger partial charge in [-0.25, -0.2) is 4.79 Å². The molecule has 2 aromatic carbocycles. The zero-order valence-corrected chi connectivity index (χ0v) is 20.1. The van der Waals surface area contributed by atoms with E-state index in [0.717, 1.165) is 22.4 Å². The highest BCUT2D eigenvalue weighted by Crippen LogP contribution is 2.32. The normalized spacial score (nSPS) is 10.9. The molecule has 1 amide bonds.